The maximum atomic E-state index is 15.0. The molecule has 2 aliphatic rings. The molecule has 1 fully saturated rings. The molecular weight excluding hydrogens is 649 g/mol. The van der Waals surface area contributed by atoms with Gasteiger partial charge in [-0.1, -0.05) is 145 Å². The van der Waals surface area contributed by atoms with Gasteiger partial charge in [0.05, 0.1) is 11.3 Å². The van der Waals surface area contributed by atoms with E-state index in [-0.39, 0.29) is 34.9 Å². The molecule has 0 saturated carbocycles. The fraction of sp³-hybridized carbons (Fsp3) is 0.267. The number of rotatable bonds is 10. The predicted molar refractivity (Wildman–Crippen MR) is 206 cm³/mol. The Morgan fingerprint density at radius 2 is 1.37 bits per heavy atom. The highest BCUT2D eigenvalue weighted by Gasteiger charge is 2.43. The fourth-order valence-electron chi connectivity index (χ4n) is 8.04. The number of nitrogens with one attached hydrogen (secondary N) is 1. The number of carbonyl (C=O) groups excluding carboxylic acids is 3. The average Bonchev–Trinajstić information content (AvgIpc) is 3.28. The summed E-state index contributed by atoms with van der Waals surface area (Å²) in [6, 6.07) is 47.0. The molecule has 2 aliphatic heterocycles. The zero-order valence-corrected chi connectivity index (χ0v) is 29.8. The molecule has 4 atom stereocenters. The molecule has 5 aromatic carbocycles. The van der Waals surface area contributed by atoms with Gasteiger partial charge >= 0.3 is 0 Å². The molecule has 1 saturated heterocycles. The summed E-state index contributed by atoms with van der Waals surface area (Å²) in [5.41, 5.74) is 7.95. The summed E-state index contributed by atoms with van der Waals surface area (Å²) in [6.45, 7) is 1.49. The van der Waals surface area contributed by atoms with Crippen molar-refractivity contribution >= 4 is 28.7 Å². The van der Waals surface area contributed by atoms with Gasteiger partial charge < -0.3 is 10.2 Å². The van der Waals surface area contributed by atoms with Crippen LogP contribution in [0.5, 0.6) is 0 Å². The number of piperidine rings is 1. The lowest BCUT2D eigenvalue weighted by molar-refractivity contribution is -0.142. The minimum Gasteiger partial charge on any atom is -0.343 e. The fourth-order valence-corrected chi connectivity index (χ4v) is 8.89. The molecule has 7 rings (SSSR count). The van der Waals surface area contributed by atoms with E-state index in [1.165, 1.54) is 23.6 Å². The summed E-state index contributed by atoms with van der Waals surface area (Å²) in [5.74, 6) is -0.211. The number of amides is 2. The largest absolute Gasteiger partial charge is 0.343 e. The topological polar surface area (TPSA) is 66.5 Å². The van der Waals surface area contributed by atoms with E-state index in [0.29, 0.717) is 12.8 Å². The summed E-state index contributed by atoms with van der Waals surface area (Å²) in [6.07, 6.45) is 4.35. The van der Waals surface area contributed by atoms with Gasteiger partial charge in [0, 0.05) is 25.3 Å². The van der Waals surface area contributed by atoms with E-state index < -0.39 is 11.3 Å². The number of nitrogens with zero attached hydrogens (tertiary/aromatic N) is 1. The highest BCUT2D eigenvalue weighted by Crippen LogP contribution is 2.44. The molecule has 6 heteroatoms. The third-order valence-corrected chi connectivity index (χ3v) is 11.4. The number of carbonyl (C=O) groups is 3. The Kier molecular flexibility index (Phi) is 10.8. The number of hydrogen-bond donors (Lipinski definition) is 1. The van der Waals surface area contributed by atoms with Gasteiger partial charge in [-0.2, -0.15) is 0 Å². The second-order valence-electron chi connectivity index (χ2n) is 13.8. The van der Waals surface area contributed by atoms with E-state index >= 15 is 4.79 Å². The van der Waals surface area contributed by atoms with Gasteiger partial charge in [-0.15, -0.1) is 0 Å². The van der Waals surface area contributed by atoms with E-state index in [0.717, 1.165) is 59.7 Å². The van der Waals surface area contributed by atoms with Gasteiger partial charge in [0.25, 0.3) is 0 Å². The molecule has 1 N–H and O–H groups in total. The minimum absolute atomic E-state index is 0.0286. The maximum absolute atomic E-state index is 15.0. The smallest absolute Gasteiger partial charge is 0.246 e. The summed E-state index contributed by atoms with van der Waals surface area (Å²) < 4.78 is 0. The lowest BCUT2D eigenvalue weighted by Gasteiger charge is -2.44. The Morgan fingerprint density at radius 3 is 2.00 bits per heavy atom. The maximum Gasteiger partial charge on any atom is 0.246 e. The lowest BCUT2D eigenvalue weighted by atomic mass is 9.81. The van der Waals surface area contributed by atoms with Crippen LogP contribution in [-0.2, 0) is 27.2 Å². The van der Waals surface area contributed by atoms with Crippen LogP contribution in [0.15, 0.2) is 140 Å². The van der Waals surface area contributed by atoms with Crippen LogP contribution >= 0.6 is 11.8 Å². The highest BCUT2D eigenvalue weighted by atomic mass is 32.2. The molecule has 0 spiro atoms. The highest BCUT2D eigenvalue weighted by molar-refractivity contribution is 8.14. The number of fused-ring (bicyclic) bond motifs is 3. The van der Waals surface area contributed by atoms with Gasteiger partial charge in [0.15, 0.2) is 5.12 Å². The quantitative estimate of drug-likeness (QED) is 0.159. The summed E-state index contributed by atoms with van der Waals surface area (Å²) in [7, 11) is 0. The molecule has 2 amide bonds. The van der Waals surface area contributed by atoms with Crippen LogP contribution in [0, 0.1) is 0 Å². The zero-order chi connectivity index (χ0) is 35.2. The third-order valence-electron chi connectivity index (χ3n) is 10.4. The van der Waals surface area contributed by atoms with Crippen LogP contribution in [0.3, 0.4) is 0 Å². The molecule has 5 aromatic rings. The SMILES string of the molecule is CC(=O)SC(Cc1ccccc1)C(=O)N[C@H]1Cc2ccc(-c3ccccc3)cc2C2CCCC(CC(c3ccccc3)c3ccccc3)N2C1=O. The van der Waals surface area contributed by atoms with Crippen molar-refractivity contribution in [1.82, 2.24) is 10.2 Å². The van der Waals surface area contributed by atoms with Crippen LogP contribution in [0.2, 0.25) is 0 Å². The van der Waals surface area contributed by atoms with Crippen molar-refractivity contribution in [2.75, 3.05) is 0 Å². The number of thioether (sulfide) groups is 1. The van der Waals surface area contributed by atoms with Crippen molar-refractivity contribution in [3.8, 4) is 11.1 Å². The normalized spacial score (nSPS) is 19.1. The molecular formula is C45H44N2O3S. The first-order valence-electron chi connectivity index (χ1n) is 18.1. The van der Waals surface area contributed by atoms with E-state index in [2.05, 4.69) is 101 Å². The first-order valence-corrected chi connectivity index (χ1v) is 18.9. The van der Waals surface area contributed by atoms with Gasteiger partial charge in [-0.25, -0.2) is 0 Å². The monoisotopic (exact) mass is 692 g/mol. The first kappa shape index (κ1) is 34.5. The summed E-state index contributed by atoms with van der Waals surface area (Å²) >= 11 is 1.03. The molecule has 5 nitrogen and oxygen atoms in total. The zero-order valence-electron chi connectivity index (χ0n) is 29.0. The Morgan fingerprint density at radius 1 is 0.765 bits per heavy atom. The number of hydrogen-bond acceptors (Lipinski definition) is 4. The van der Waals surface area contributed by atoms with Crippen molar-refractivity contribution in [3.63, 3.8) is 0 Å². The predicted octanol–water partition coefficient (Wildman–Crippen LogP) is 8.93. The third kappa shape index (κ3) is 8.02. The Balaban J connectivity index is 1.26. The summed E-state index contributed by atoms with van der Waals surface area (Å²) in [5, 5.41) is 2.42. The molecule has 51 heavy (non-hydrogen) atoms. The van der Waals surface area contributed by atoms with E-state index in [9.17, 15) is 9.59 Å². The molecule has 0 aromatic heterocycles. The Labute approximate surface area is 305 Å². The molecule has 0 radical (unpaired) electrons. The van der Waals surface area contributed by atoms with Crippen LogP contribution in [-0.4, -0.2) is 39.2 Å². The van der Waals surface area contributed by atoms with Crippen molar-refractivity contribution in [1.29, 1.82) is 0 Å². The van der Waals surface area contributed by atoms with Crippen LogP contribution in [0.25, 0.3) is 11.1 Å². The standard InChI is InChI=1S/C45H44N2O3S/c1-31(48)51-43(27-32-15-6-2-7-16-32)44(49)46-41-29-37-26-25-36(33-17-8-3-9-18-33)28-40(37)42-24-14-23-38(47(42)45(41)50)30-39(34-19-10-4-11-20-34)35-21-12-5-13-22-35/h2-13,15-22,25-26,28,38-39,41-43H,14,23-24,27,29-30H2,1H3,(H,46,49)/t38?,41-,42?,43?/m0/s1. The van der Waals surface area contributed by atoms with E-state index in [1.807, 2.05) is 48.5 Å². The Hall–Kier alpha value is -4.94. The molecule has 3 unspecified atom stereocenters. The van der Waals surface area contributed by atoms with E-state index in [1.54, 1.807) is 0 Å². The average molecular weight is 693 g/mol. The lowest BCUT2D eigenvalue weighted by Crippen LogP contribution is -2.55. The first-order chi connectivity index (χ1) is 24.9. The van der Waals surface area contributed by atoms with Crippen LogP contribution in [0.1, 0.15) is 72.4 Å². The molecule has 2 heterocycles. The van der Waals surface area contributed by atoms with Crippen molar-refractivity contribution in [2.45, 2.75) is 74.7 Å². The van der Waals surface area contributed by atoms with Crippen LogP contribution in [0.4, 0.5) is 0 Å². The van der Waals surface area contributed by atoms with Crippen molar-refractivity contribution in [3.05, 3.63) is 167 Å². The molecule has 0 bridgehead atoms. The number of benzene rings is 5. The summed E-state index contributed by atoms with van der Waals surface area (Å²) in [4.78, 5) is 43.6. The molecule has 0 aliphatic carbocycles. The van der Waals surface area contributed by atoms with Crippen molar-refractivity contribution in [2.24, 2.45) is 0 Å². The van der Waals surface area contributed by atoms with E-state index in [4.69, 9.17) is 0 Å². The second-order valence-corrected chi connectivity index (χ2v) is 15.2. The minimum atomic E-state index is -0.748. The second kappa shape index (κ2) is 15.9. The van der Waals surface area contributed by atoms with Crippen LogP contribution < -0.4 is 5.32 Å². The van der Waals surface area contributed by atoms with Gasteiger partial charge in [0.1, 0.15) is 6.04 Å². The molecule has 258 valence electrons. The van der Waals surface area contributed by atoms with Crippen molar-refractivity contribution < 1.29 is 14.4 Å². The van der Waals surface area contributed by atoms with Gasteiger partial charge in [0.2, 0.25) is 11.8 Å². The van der Waals surface area contributed by atoms with Gasteiger partial charge in [-0.3, -0.25) is 14.4 Å². The van der Waals surface area contributed by atoms with Gasteiger partial charge in [-0.05, 0) is 77.1 Å². The Bertz CT molecular complexity index is 1910.